The monoisotopic (exact) mass is 327 g/mol. The van der Waals surface area contributed by atoms with Crippen LogP contribution in [0.3, 0.4) is 0 Å². The van der Waals surface area contributed by atoms with Crippen LogP contribution in [0.25, 0.3) is 4.83 Å². The van der Waals surface area contributed by atoms with Crippen LogP contribution in [0.4, 0.5) is 5.82 Å². The zero-order chi connectivity index (χ0) is 16.0. The summed E-state index contributed by atoms with van der Waals surface area (Å²) < 4.78 is 2.32. The molecule has 1 aliphatic rings. The molecule has 0 saturated carbocycles. The maximum absolute atomic E-state index is 4.91. The van der Waals surface area contributed by atoms with E-state index in [4.69, 9.17) is 4.98 Å². The van der Waals surface area contributed by atoms with E-state index in [1.165, 1.54) is 33.9 Å². The highest BCUT2D eigenvalue weighted by molar-refractivity contribution is 7.17. The van der Waals surface area contributed by atoms with Gasteiger partial charge in [-0.05, 0) is 33.6 Å². The molecule has 0 amide bonds. The molecule has 1 fully saturated rings. The summed E-state index contributed by atoms with van der Waals surface area (Å²) in [6.07, 6.45) is 7.71. The second-order valence-corrected chi connectivity index (χ2v) is 7.48. The highest BCUT2D eigenvalue weighted by Crippen LogP contribution is 2.35. The quantitative estimate of drug-likeness (QED) is 0.723. The van der Waals surface area contributed by atoms with Crippen LogP contribution in [0.15, 0.2) is 18.6 Å². The van der Waals surface area contributed by atoms with Gasteiger partial charge < -0.3 is 4.90 Å². The minimum absolute atomic E-state index is 0.465. The predicted molar refractivity (Wildman–Crippen MR) is 93.5 cm³/mol. The molecule has 1 atom stereocenters. The number of hydrogen-bond donors (Lipinski definition) is 0. The molecule has 0 radical (unpaired) electrons. The van der Waals surface area contributed by atoms with Crippen molar-refractivity contribution < 1.29 is 0 Å². The van der Waals surface area contributed by atoms with E-state index in [1.807, 2.05) is 17.5 Å². The maximum Gasteiger partial charge on any atom is 0.147 e. The standard InChI is InChI=1S/C17H21N5S/c1-11-12(2)23-17-16(20-13(3)22(11)17)14-5-4-8-21(10-14)15-9-18-6-7-19-15/h6-7,9,14H,4-5,8,10H2,1-3H3. The topological polar surface area (TPSA) is 46.3 Å². The minimum atomic E-state index is 0.465. The maximum atomic E-state index is 4.91. The first-order chi connectivity index (χ1) is 11.1. The Morgan fingerprint density at radius 3 is 2.87 bits per heavy atom. The Hall–Kier alpha value is -1.95. The molecule has 4 heterocycles. The Balaban J connectivity index is 1.69. The number of hydrogen-bond acceptors (Lipinski definition) is 5. The number of fused-ring (bicyclic) bond motifs is 1. The molecule has 0 aromatic carbocycles. The number of aromatic nitrogens is 4. The molecule has 1 aliphatic heterocycles. The van der Waals surface area contributed by atoms with E-state index in [2.05, 4.69) is 40.0 Å². The van der Waals surface area contributed by atoms with Gasteiger partial charge in [-0.1, -0.05) is 0 Å². The van der Waals surface area contributed by atoms with Crippen molar-refractivity contribution in [3.05, 3.63) is 40.7 Å². The van der Waals surface area contributed by atoms with E-state index in [1.54, 1.807) is 12.4 Å². The molecule has 5 nitrogen and oxygen atoms in total. The average molecular weight is 327 g/mol. The van der Waals surface area contributed by atoms with Gasteiger partial charge in [0, 0.05) is 42.0 Å². The molecule has 23 heavy (non-hydrogen) atoms. The normalized spacial score (nSPS) is 18.7. The van der Waals surface area contributed by atoms with Crippen LogP contribution in [0, 0.1) is 20.8 Å². The summed E-state index contributed by atoms with van der Waals surface area (Å²) in [5.41, 5.74) is 2.58. The largest absolute Gasteiger partial charge is 0.355 e. The van der Waals surface area contributed by atoms with Crippen molar-refractivity contribution in [2.24, 2.45) is 0 Å². The van der Waals surface area contributed by atoms with Gasteiger partial charge in [-0.3, -0.25) is 9.38 Å². The third-order valence-corrected chi connectivity index (χ3v) is 5.99. The SMILES string of the molecule is Cc1sc2c(C3CCCN(c4cnccn4)C3)nc(C)n2c1C. The summed E-state index contributed by atoms with van der Waals surface area (Å²) in [6.45, 7) is 8.51. The zero-order valence-electron chi connectivity index (χ0n) is 13.8. The summed E-state index contributed by atoms with van der Waals surface area (Å²) in [4.78, 5) is 18.6. The van der Waals surface area contributed by atoms with Crippen molar-refractivity contribution in [1.82, 2.24) is 19.4 Å². The number of thiazole rings is 1. The third kappa shape index (κ3) is 2.41. The van der Waals surface area contributed by atoms with Gasteiger partial charge in [-0.15, -0.1) is 11.3 Å². The smallest absolute Gasteiger partial charge is 0.147 e. The Bertz CT molecular complexity index is 836. The molecule has 1 unspecified atom stereocenters. The van der Waals surface area contributed by atoms with E-state index in [0.29, 0.717) is 5.92 Å². The summed E-state index contributed by atoms with van der Waals surface area (Å²) >= 11 is 1.87. The van der Waals surface area contributed by atoms with Crippen LogP contribution in [0.2, 0.25) is 0 Å². The van der Waals surface area contributed by atoms with Crippen molar-refractivity contribution in [2.75, 3.05) is 18.0 Å². The van der Waals surface area contributed by atoms with E-state index in [9.17, 15) is 0 Å². The lowest BCUT2D eigenvalue weighted by Crippen LogP contribution is -2.35. The molecular formula is C17H21N5S. The molecule has 3 aromatic heterocycles. The van der Waals surface area contributed by atoms with Gasteiger partial charge in [-0.25, -0.2) is 9.97 Å². The van der Waals surface area contributed by atoms with Gasteiger partial charge in [0.1, 0.15) is 16.5 Å². The van der Waals surface area contributed by atoms with Gasteiger partial charge in [-0.2, -0.15) is 0 Å². The van der Waals surface area contributed by atoms with Crippen LogP contribution in [-0.4, -0.2) is 32.4 Å². The van der Waals surface area contributed by atoms with Crippen molar-refractivity contribution in [2.45, 2.75) is 39.5 Å². The van der Waals surface area contributed by atoms with Crippen molar-refractivity contribution in [3.8, 4) is 0 Å². The molecular weight excluding hydrogens is 306 g/mol. The van der Waals surface area contributed by atoms with Gasteiger partial charge in [0.2, 0.25) is 0 Å². The van der Waals surface area contributed by atoms with E-state index >= 15 is 0 Å². The second-order valence-electron chi connectivity index (χ2n) is 6.28. The Labute approximate surface area is 140 Å². The highest BCUT2D eigenvalue weighted by Gasteiger charge is 2.27. The minimum Gasteiger partial charge on any atom is -0.355 e. The Morgan fingerprint density at radius 1 is 1.22 bits per heavy atom. The third-order valence-electron chi connectivity index (χ3n) is 4.80. The molecule has 0 bridgehead atoms. The fourth-order valence-corrected chi connectivity index (χ4v) is 4.74. The van der Waals surface area contributed by atoms with Gasteiger partial charge in [0.15, 0.2) is 0 Å². The van der Waals surface area contributed by atoms with E-state index in [0.717, 1.165) is 24.7 Å². The van der Waals surface area contributed by atoms with Gasteiger partial charge in [0.25, 0.3) is 0 Å². The van der Waals surface area contributed by atoms with Crippen LogP contribution >= 0.6 is 11.3 Å². The summed E-state index contributed by atoms with van der Waals surface area (Å²) in [5.74, 6) is 2.54. The lowest BCUT2D eigenvalue weighted by atomic mass is 9.95. The highest BCUT2D eigenvalue weighted by atomic mass is 32.1. The number of imidazole rings is 1. The number of nitrogens with zero attached hydrogens (tertiary/aromatic N) is 5. The number of anilines is 1. The van der Waals surface area contributed by atoms with E-state index < -0.39 is 0 Å². The molecule has 0 spiro atoms. The fourth-order valence-electron chi connectivity index (χ4n) is 3.53. The lowest BCUT2D eigenvalue weighted by molar-refractivity contribution is 0.502. The first-order valence-electron chi connectivity index (χ1n) is 8.11. The van der Waals surface area contributed by atoms with Crippen LogP contribution in [-0.2, 0) is 0 Å². The van der Waals surface area contributed by atoms with Gasteiger partial charge in [0.05, 0.1) is 11.9 Å². The van der Waals surface area contributed by atoms with E-state index in [-0.39, 0.29) is 0 Å². The fraction of sp³-hybridized carbons (Fsp3) is 0.471. The Kier molecular flexibility index (Phi) is 3.56. The first-order valence-corrected chi connectivity index (χ1v) is 8.92. The van der Waals surface area contributed by atoms with Crippen molar-refractivity contribution >= 4 is 22.0 Å². The summed E-state index contributed by atoms with van der Waals surface area (Å²) in [5, 5.41) is 0. The average Bonchev–Trinajstić information content (AvgIpc) is 3.06. The molecule has 4 rings (SSSR count). The number of rotatable bonds is 2. The zero-order valence-corrected chi connectivity index (χ0v) is 14.6. The predicted octanol–water partition coefficient (Wildman–Crippen LogP) is 3.50. The lowest BCUT2D eigenvalue weighted by Gasteiger charge is -2.32. The molecule has 0 N–H and O–H groups in total. The van der Waals surface area contributed by atoms with Crippen molar-refractivity contribution in [3.63, 3.8) is 0 Å². The number of piperidine rings is 1. The summed E-state index contributed by atoms with van der Waals surface area (Å²) in [6, 6.07) is 0. The molecule has 6 heteroatoms. The van der Waals surface area contributed by atoms with Crippen molar-refractivity contribution in [1.29, 1.82) is 0 Å². The molecule has 3 aromatic rings. The second kappa shape index (κ2) is 5.60. The summed E-state index contributed by atoms with van der Waals surface area (Å²) in [7, 11) is 0. The van der Waals surface area contributed by atoms with Crippen LogP contribution in [0.5, 0.6) is 0 Å². The first kappa shape index (κ1) is 14.6. The Morgan fingerprint density at radius 2 is 2.09 bits per heavy atom. The molecule has 0 aliphatic carbocycles. The number of aryl methyl sites for hydroxylation is 3. The molecule has 1 saturated heterocycles. The van der Waals surface area contributed by atoms with Crippen LogP contribution < -0.4 is 4.90 Å². The molecule has 120 valence electrons. The van der Waals surface area contributed by atoms with Crippen LogP contribution in [0.1, 0.15) is 40.8 Å². The van der Waals surface area contributed by atoms with Gasteiger partial charge >= 0.3 is 0 Å².